The summed E-state index contributed by atoms with van der Waals surface area (Å²) in [5, 5.41) is 5.14. The van der Waals surface area contributed by atoms with Crippen molar-refractivity contribution in [1.29, 1.82) is 0 Å². The van der Waals surface area contributed by atoms with Crippen LogP contribution in [0.3, 0.4) is 0 Å². The molecule has 0 radical (unpaired) electrons. The number of nitrogens with zero attached hydrogens (tertiary/aromatic N) is 1. The molecular formula is C17H17ClF3N3O. The Labute approximate surface area is 148 Å². The fourth-order valence-corrected chi connectivity index (χ4v) is 2.31. The smallest absolute Gasteiger partial charge is 0.352 e. The highest BCUT2D eigenvalue weighted by molar-refractivity contribution is 6.31. The Morgan fingerprint density at radius 3 is 2.68 bits per heavy atom. The highest BCUT2D eigenvalue weighted by atomic mass is 35.5. The molecule has 0 spiro atoms. The molecule has 1 aromatic carbocycles. The average Bonchev–Trinajstić information content (AvgIpc) is 2.56. The third kappa shape index (κ3) is 5.35. The zero-order chi connectivity index (χ0) is 18.4. The number of amides is 1. The van der Waals surface area contributed by atoms with Gasteiger partial charge in [0.05, 0.1) is 10.6 Å². The molecule has 0 saturated carbocycles. The predicted molar refractivity (Wildman–Crippen MR) is 91.2 cm³/mol. The number of benzene rings is 1. The van der Waals surface area contributed by atoms with Crippen LogP contribution in [-0.2, 0) is 6.18 Å². The van der Waals surface area contributed by atoms with Crippen molar-refractivity contribution in [2.24, 2.45) is 0 Å². The number of unbranched alkanes of at least 4 members (excludes halogenated alkanes) is 1. The number of halogens is 4. The number of nitrogens with one attached hydrogen (secondary N) is 2. The highest BCUT2D eigenvalue weighted by Gasteiger charge is 2.33. The summed E-state index contributed by atoms with van der Waals surface area (Å²) in [7, 11) is 0. The van der Waals surface area contributed by atoms with E-state index < -0.39 is 11.7 Å². The van der Waals surface area contributed by atoms with Crippen LogP contribution in [0.25, 0.3) is 0 Å². The van der Waals surface area contributed by atoms with E-state index in [9.17, 15) is 18.0 Å². The molecule has 0 aliphatic carbocycles. The predicted octanol–water partition coefficient (Wildman–Crippen LogP) is 5.03. The summed E-state index contributed by atoms with van der Waals surface area (Å²) in [6.45, 7) is 2.58. The second kappa shape index (κ2) is 8.20. The maximum Gasteiger partial charge on any atom is 0.417 e. The lowest BCUT2D eigenvalue weighted by molar-refractivity contribution is -0.137. The van der Waals surface area contributed by atoms with E-state index in [0.29, 0.717) is 12.1 Å². The minimum Gasteiger partial charge on any atom is -0.352 e. The molecule has 0 aliphatic heterocycles. The van der Waals surface area contributed by atoms with Gasteiger partial charge in [-0.15, -0.1) is 0 Å². The Kier molecular flexibility index (Phi) is 6.25. The molecule has 2 N–H and O–H groups in total. The van der Waals surface area contributed by atoms with E-state index in [1.807, 2.05) is 6.92 Å². The Bertz CT molecular complexity index is 750. The Balaban J connectivity index is 2.16. The summed E-state index contributed by atoms with van der Waals surface area (Å²) in [6.07, 6.45) is -1.31. The summed E-state index contributed by atoms with van der Waals surface area (Å²) < 4.78 is 38.7. The molecule has 2 aromatic rings. The lowest BCUT2D eigenvalue weighted by Crippen LogP contribution is -2.24. The molecule has 4 nitrogen and oxygen atoms in total. The second-order valence-corrected chi connectivity index (χ2v) is 5.76. The molecule has 0 atom stereocenters. The van der Waals surface area contributed by atoms with Crippen molar-refractivity contribution in [3.63, 3.8) is 0 Å². The molecule has 134 valence electrons. The van der Waals surface area contributed by atoms with E-state index in [0.717, 1.165) is 25.0 Å². The second-order valence-electron chi connectivity index (χ2n) is 5.36. The van der Waals surface area contributed by atoms with Gasteiger partial charge in [-0.1, -0.05) is 24.9 Å². The first kappa shape index (κ1) is 19.1. The number of carbonyl (C=O) groups excluding carboxylic acids is 1. The summed E-state index contributed by atoms with van der Waals surface area (Å²) in [4.78, 5) is 16.0. The normalized spacial score (nSPS) is 11.2. The van der Waals surface area contributed by atoms with E-state index in [2.05, 4.69) is 15.6 Å². The maximum absolute atomic E-state index is 12.9. The number of hydrogen-bond acceptors (Lipinski definition) is 3. The monoisotopic (exact) mass is 371 g/mol. The van der Waals surface area contributed by atoms with E-state index in [1.165, 1.54) is 24.4 Å². The molecule has 2 rings (SSSR count). The Morgan fingerprint density at radius 1 is 1.24 bits per heavy atom. The molecule has 25 heavy (non-hydrogen) atoms. The van der Waals surface area contributed by atoms with Crippen molar-refractivity contribution in [2.75, 3.05) is 11.9 Å². The van der Waals surface area contributed by atoms with Crippen molar-refractivity contribution in [2.45, 2.75) is 25.9 Å². The quantitative estimate of drug-likeness (QED) is 0.700. The zero-order valence-electron chi connectivity index (χ0n) is 13.5. The molecule has 0 saturated heterocycles. The topological polar surface area (TPSA) is 54.0 Å². The van der Waals surface area contributed by atoms with Crippen LogP contribution in [0.4, 0.5) is 24.7 Å². The zero-order valence-corrected chi connectivity index (χ0v) is 14.2. The molecular weight excluding hydrogens is 355 g/mol. The number of alkyl halides is 3. The molecule has 8 heteroatoms. The average molecular weight is 372 g/mol. The van der Waals surface area contributed by atoms with Crippen LogP contribution < -0.4 is 10.6 Å². The van der Waals surface area contributed by atoms with Gasteiger partial charge in [0.2, 0.25) is 0 Å². The molecule has 0 unspecified atom stereocenters. The Hall–Kier alpha value is -2.28. The summed E-state index contributed by atoms with van der Waals surface area (Å²) in [5.74, 6) is 0.00424. The third-order valence-corrected chi connectivity index (χ3v) is 3.71. The van der Waals surface area contributed by atoms with Gasteiger partial charge >= 0.3 is 6.18 Å². The highest BCUT2D eigenvalue weighted by Crippen LogP contribution is 2.36. The van der Waals surface area contributed by atoms with Gasteiger partial charge in [-0.05, 0) is 36.8 Å². The van der Waals surface area contributed by atoms with Crippen molar-refractivity contribution in [1.82, 2.24) is 10.3 Å². The van der Waals surface area contributed by atoms with Gasteiger partial charge in [0.15, 0.2) is 0 Å². The van der Waals surface area contributed by atoms with Crippen molar-refractivity contribution >= 4 is 29.0 Å². The third-order valence-electron chi connectivity index (χ3n) is 3.38. The largest absolute Gasteiger partial charge is 0.417 e. The van der Waals surface area contributed by atoms with Gasteiger partial charge in [-0.3, -0.25) is 4.79 Å². The number of aromatic nitrogens is 1. The first-order valence-corrected chi connectivity index (χ1v) is 8.07. The lowest BCUT2D eigenvalue weighted by Gasteiger charge is -2.12. The van der Waals surface area contributed by atoms with Gasteiger partial charge < -0.3 is 10.6 Å². The van der Waals surface area contributed by atoms with Crippen LogP contribution in [0.15, 0.2) is 36.5 Å². The summed E-state index contributed by atoms with van der Waals surface area (Å²) in [5.41, 5.74) is -0.390. The Morgan fingerprint density at radius 2 is 2.00 bits per heavy atom. The number of anilines is 2. The lowest BCUT2D eigenvalue weighted by atomic mass is 10.2. The number of rotatable bonds is 6. The van der Waals surface area contributed by atoms with Crippen LogP contribution in [-0.4, -0.2) is 17.4 Å². The summed E-state index contributed by atoms with van der Waals surface area (Å²) >= 11 is 5.59. The first-order chi connectivity index (χ1) is 11.8. The van der Waals surface area contributed by atoms with Crippen molar-refractivity contribution in [3.05, 3.63) is 52.7 Å². The van der Waals surface area contributed by atoms with E-state index in [1.54, 1.807) is 0 Å². The fraction of sp³-hybridized carbons (Fsp3) is 0.294. The minimum absolute atomic E-state index is 0.174. The van der Waals surface area contributed by atoms with E-state index >= 15 is 0 Å². The van der Waals surface area contributed by atoms with E-state index in [4.69, 9.17) is 11.6 Å². The summed E-state index contributed by atoms with van der Waals surface area (Å²) in [6, 6.07) is 6.48. The molecule has 1 amide bonds. The molecule has 0 fully saturated rings. The van der Waals surface area contributed by atoms with Gasteiger partial charge in [0.25, 0.3) is 5.91 Å². The SMILES string of the molecule is CCCCNC(=O)c1ccnc(Nc2ccc(Cl)c(C(F)(F)F)c2)c1. The van der Waals surface area contributed by atoms with Gasteiger partial charge in [0.1, 0.15) is 5.82 Å². The van der Waals surface area contributed by atoms with E-state index in [-0.39, 0.29) is 22.4 Å². The van der Waals surface area contributed by atoms with Crippen LogP contribution in [0.1, 0.15) is 35.7 Å². The van der Waals surface area contributed by atoms with Gasteiger partial charge in [-0.2, -0.15) is 13.2 Å². The van der Waals surface area contributed by atoms with Crippen LogP contribution >= 0.6 is 11.6 Å². The molecule has 0 aliphatic rings. The van der Waals surface area contributed by atoms with Gasteiger partial charge in [0, 0.05) is 24.0 Å². The first-order valence-electron chi connectivity index (χ1n) is 7.69. The minimum atomic E-state index is -4.55. The van der Waals surface area contributed by atoms with Crippen LogP contribution in [0.2, 0.25) is 5.02 Å². The molecule has 0 bridgehead atoms. The molecule has 1 aromatic heterocycles. The number of carbonyl (C=O) groups is 1. The van der Waals surface area contributed by atoms with Crippen molar-refractivity contribution in [3.8, 4) is 0 Å². The standard InChI is InChI=1S/C17H17ClF3N3O/c1-2-3-7-23-16(25)11-6-8-22-15(9-11)24-12-4-5-14(18)13(10-12)17(19,20)21/h4-6,8-10H,2-3,7H2,1H3,(H,22,24)(H,23,25). The van der Waals surface area contributed by atoms with Crippen LogP contribution in [0.5, 0.6) is 0 Å². The van der Waals surface area contributed by atoms with Crippen molar-refractivity contribution < 1.29 is 18.0 Å². The van der Waals surface area contributed by atoms with Crippen LogP contribution in [0, 0.1) is 0 Å². The maximum atomic E-state index is 12.9. The molecule has 1 heterocycles. The number of pyridine rings is 1. The fourth-order valence-electron chi connectivity index (χ4n) is 2.09. The van der Waals surface area contributed by atoms with Gasteiger partial charge in [-0.25, -0.2) is 4.98 Å². The number of hydrogen-bond donors (Lipinski definition) is 2.